The van der Waals surface area contributed by atoms with Crippen molar-refractivity contribution in [1.82, 2.24) is 0 Å². The fraction of sp³-hybridized carbons (Fsp3) is 0.200. The van der Waals surface area contributed by atoms with E-state index in [-0.39, 0.29) is 15.3 Å². The number of nitrogens with zero attached hydrogens (tertiary/aromatic N) is 1. The summed E-state index contributed by atoms with van der Waals surface area (Å²) in [5, 5.41) is 11.8. The van der Waals surface area contributed by atoms with Gasteiger partial charge in [-0.2, -0.15) is 0 Å². The zero-order valence-corrected chi connectivity index (χ0v) is 16.3. The number of hydrogen-bond acceptors (Lipinski definition) is 3. The van der Waals surface area contributed by atoms with Gasteiger partial charge in [-0.05, 0) is 35.9 Å². The van der Waals surface area contributed by atoms with Crippen molar-refractivity contribution >= 4 is 60.7 Å². The van der Waals surface area contributed by atoms with Gasteiger partial charge in [0, 0.05) is 22.2 Å². The second-order valence-corrected chi connectivity index (χ2v) is 7.65. The van der Waals surface area contributed by atoms with Crippen molar-refractivity contribution in [2.75, 3.05) is 6.61 Å². The van der Waals surface area contributed by atoms with E-state index in [4.69, 9.17) is 27.9 Å². The third-order valence-corrected chi connectivity index (χ3v) is 6.24. The van der Waals surface area contributed by atoms with E-state index in [1.54, 1.807) is 30.3 Å². The Morgan fingerprint density at radius 3 is 2.39 bits per heavy atom. The maximum Gasteiger partial charge on any atom is 0.269 e. The van der Waals surface area contributed by atoms with E-state index in [9.17, 15) is 10.1 Å². The summed E-state index contributed by atoms with van der Waals surface area (Å²) in [5.74, 6) is 0.553. The van der Waals surface area contributed by atoms with Crippen LogP contribution in [0.3, 0.4) is 0 Å². The highest BCUT2D eigenvalue weighted by Gasteiger charge is 2.21. The van der Waals surface area contributed by atoms with Crippen LogP contribution in [0.25, 0.3) is 0 Å². The zero-order chi connectivity index (χ0) is 17.0. The van der Waals surface area contributed by atoms with Crippen molar-refractivity contribution in [3.05, 3.63) is 68.2 Å². The van der Waals surface area contributed by atoms with Gasteiger partial charge in [0.1, 0.15) is 12.4 Å². The lowest BCUT2D eigenvalue weighted by Crippen LogP contribution is -2.16. The second kappa shape index (κ2) is 8.33. The first kappa shape index (κ1) is 18.5. The van der Waals surface area contributed by atoms with Crippen molar-refractivity contribution in [3.8, 4) is 5.75 Å². The molecule has 0 aromatic heterocycles. The molecule has 2 rings (SSSR count). The summed E-state index contributed by atoms with van der Waals surface area (Å²) in [4.78, 5) is 9.98. The monoisotopic (exact) mass is 481 g/mol. The zero-order valence-electron chi connectivity index (χ0n) is 11.6. The van der Waals surface area contributed by atoms with Crippen LogP contribution in [0.4, 0.5) is 5.69 Å². The van der Waals surface area contributed by atoms with Gasteiger partial charge in [-0.3, -0.25) is 10.1 Å². The standard InChI is InChI=1S/C15H11Br2Cl2NO3/c16-13(15(17)12-7-9(18)1-6-14(12)19)8-23-11-4-2-10(3-5-11)20(21)22/h1-7,13,15H,8H2/t13-,15-/m0/s1. The van der Waals surface area contributed by atoms with E-state index in [0.717, 1.165) is 5.56 Å². The predicted octanol–water partition coefficient (Wildman–Crippen LogP) is 6.18. The van der Waals surface area contributed by atoms with E-state index in [1.165, 1.54) is 12.1 Å². The summed E-state index contributed by atoms with van der Waals surface area (Å²) in [5.41, 5.74) is 0.880. The van der Waals surface area contributed by atoms with E-state index < -0.39 is 4.92 Å². The molecule has 0 aliphatic carbocycles. The highest BCUT2D eigenvalue weighted by molar-refractivity contribution is 9.12. The number of nitro groups is 1. The highest BCUT2D eigenvalue weighted by atomic mass is 79.9. The maximum atomic E-state index is 10.6. The van der Waals surface area contributed by atoms with Gasteiger partial charge in [0.2, 0.25) is 0 Å². The molecule has 2 atom stereocenters. The molecule has 0 spiro atoms. The van der Waals surface area contributed by atoms with Crippen LogP contribution < -0.4 is 4.74 Å². The minimum Gasteiger partial charge on any atom is -0.492 e. The molecular formula is C15H11Br2Cl2NO3. The van der Waals surface area contributed by atoms with Gasteiger partial charge in [0.25, 0.3) is 5.69 Å². The molecule has 0 amide bonds. The van der Waals surface area contributed by atoms with Crippen molar-refractivity contribution in [3.63, 3.8) is 0 Å². The summed E-state index contributed by atoms with van der Waals surface area (Å²) < 4.78 is 5.64. The molecule has 0 saturated heterocycles. The smallest absolute Gasteiger partial charge is 0.269 e. The number of ether oxygens (including phenoxy) is 1. The van der Waals surface area contributed by atoms with Crippen LogP contribution in [-0.4, -0.2) is 16.4 Å². The van der Waals surface area contributed by atoms with Crippen LogP contribution >= 0.6 is 55.1 Å². The molecular weight excluding hydrogens is 473 g/mol. The first-order valence-electron chi connectivity index (χ1n) is 6.49. The van der Waals surface area contributed by atoms with Crippen LogP contribution in [-0.2, 0) is 0 Å². The Morgan fingerprint density at radius 1 is 1.13 bits per heavy atom. The summed E-state index contributed by atoms with van der Waals surface area (Å²) in [6.07, 6.45) is 0. The van der Waals surface area contributed by atoms with Crippen LogP contribution in [0.2, 0.25) is 10.0 Å². The maximum absolute atomic E-state index is 10.6. The van der Waals surface area contributed by atoms with E-state index in [0.29, 0.717) is 22.4 Å². The topological polar surface area (TPSA) is 52.4 Å². The summed E-state index contributed by atoms with van der Waals surface area (Å²) in [7, 11) is 0. The van der Waals surface area contributed by atoms with Gasteiger partial charge in [-0.15, -0.1) is 0 Å². The van der Waals surface area contributed by atoms with E-state index in [1.807, 2.05) is 0 Å². The van der Waals surface area contributed by atoms with Crippen LogP contribution in [0, 0.1) is 10.1 Å². The SMILES string of the molecule is O=[N+]([O-])c1ccc(OC[C@H](Br)[C@@H](Br)c2cc(Cl)ccc2Cl)cc1. The Hall–Kier alpha value is -0.820. The Labute approximate surface area is 160 Å². The molecule has 122 valence electrons. The second-order valence-electron chi connectivity index (χ2n) is 4.65. The van der Waals surface area contributed by atoms with Crippen LogP contribution in [0.1, 0.15) is 10.4 Å². The fourth-order valence-corrected chi connectivity index (χ4v) is 3.34. The number of non-ortho nitro benzene ring substituents is 1. The molecule has 0 bridgehead atoms. The quantitative estimate of drug-likeness (QED) is 0.280. The average molecular weight is 484 g/mol. The Kier molecular flexibility index (Phi) is 6.71. The third kappa shape index (κ3) is 5.08. The molecule has 0 aliphatic heterocycles. The molecule has 2 aromatic carbocycles. The molecule has 0 aliphatic rings. The van der Waals surface area contributed by atoms with Gasteiger partial charge >= 0.3 is 0 Å². The molecule has 0 saturated carbocycles. The summed E-state index contributed by atoms with van der Waals surface area (Å²) in [6.45, 7) is 0.344. The molecule has 0 unspecified atom stereocenters. The minimum absolute atomic E-state index is 0.0248. The fourth-order valence-electron chi connectivity index (χ4n) is 1.85. The Bertz CT molecular complexity index is 698. The molecule has 0 heterocycles. The number of benzene rings is 2. The molecule has 0 N–H and O–H groups in total. The average Bonchev–Trinajstić information content (AvgIpc) is 2.54. The van der Waals surface area contributed by atoms with Crippen LogP contribution in [0.15, 0.2) is 42.5 Å². The van der Waals surface area contributed by atoms with Crippen molar-refractivity contribution in [2.24, 2.45) is 0 Å². The lowest BCUT2D eigenvalue weighted by Gasteiger charge is -2.19. The summed E-state index contributed by atoms with van der Waals surface area (Å²) in [6, 6.07) is 11.2. The van der Waals surface area contributed by atoms with Gasteiger partial charge in [-0.25, -0.2) is 0 Å². The normalized spacial score (nSPS) is 13.4. The Balaban J connectivity index is 1.99. The molecule has 2 aromatic rings. The number of hydrogen-bond donors (Lipinski definition) is 0. The van der Waals surface area contributed by atoms with Gasteiger partial charge in [-0.1, -0.05) is 55.1 Å². The molecule has 4 nitrogen and oxygen atoms in total. The number of alkyl halides is 2. The molecule has 23 heavy (non-hydrogen) atoms. The predicted molar refractivity (Wildman–Crippen MR) is 99.4 cm³/mol. The van der Waals surface area contributed by atoms with Gasteiger partial charge < -0.3 is 4.74 Å². The molecule has 0 radical (unpaired) electrons. The largest absolute Gasteiger partial charge is 0.492 e. The van der Waals surface area contributed by atoms with Crippen LogP contribution in [0.5, 0.6) is 5.75 Å². The Morgan fingerprint density at radius 2 is 1.78 bits per heavy atom. The van der Waals surface area contributed by atoms with Gasteiger partial charge in [0.15, 0.2) is 0 Å². The summed E-state index contributed by atoms with van der Waals surface area (Å²) >= 11 is 19.3. The highest BCUT2D eigenvalue weighted by Crippen LogP contribution is 2.37. The number of halogens is 4. The van der Waals surface area contributed by atoms with Crippen molar-refractivity contribution in [2.45, 2.75) is 9.65 Å². The molecule has 8 heteroatoms. The first-order valence-corrected chi connectivity index (χ1v) is 9.07. The first-order chi connectivity index (χ1) is 10.9. The third-order valence-electron chi connectivity index (χ3n) is 3.03. The van der Waals surface area contributed by atoms with Gasteiger partial charge in [0.05, 0.1) is 14.6 Å². The number of rotatable bonds is 6. The van der Waals surface area contributed by atoms with Crippen molar-refractivity contribution < 1.29 is 9.66 Å². The van der Waals surface area contributed by atoms with E-state index in [2.05, 4.69) is 31.9 Å². The molecule has 0 fully saturated rings. The van der Waals surface area contributed by atoms with E-state index >= 15 is 0 Å². The lowest BCUT2D eigenvalue weighted by molar-refractivity contribution is -0.384. The lowest BCUT2D eigenvalue weighted by atomic mass is 10.1. The number of nitro benzene ring substituents is 1. The van der Waals surface area contributed by atoms with Crippen molar-refractivity contribution in [1.29, 1.82) is 0 Å². The minimum atomic E-state index is -0.452.